The Morgan fingerprint density at radius 2 is 1.94 bits per heavy atom. The van der Waals surface area contributed by atoms with Gasteiger partial charge in [0.25, 0.3) is 5.91 Å². The van der Waals surface area contributed by atoms with Gasteiger partial charge in [0, 0.05) is 63.6 Å². The zero-order chi connectivity index (χ0) is 26.2. The zero-order valence-corrected chi connectivity index (χ0v) is 21.9. The Bertz CT molecular complexity index is 1050. The highest BCUT2D eigenvalue weighted by Crippen LogP contribution is 2.27. The quantitative estimate of drug-likeness (QED) is 0.631. The van der Waals surface area contributed by atoms with E-state index < -0.39 is 0 Å². The van der Waals surface area contributed by atoms with Gasteiger partial charge in [-0.3, -0.25) is 14.5 Å². The summed E-state index contributed by atoms with van der Waals surface area (Å²) in [7, 11) is 3.39. The van der Waals surface area contributed by atoms with Gasteiger partial charge in [-0.15, -0.1) is 0 Å². The monoisotopic (exact) mass is 499 g/mol. The van der Waals surface area contributed by atoms with E-state index in [0.717, 1.165) is 6.42 Å². The van der Waals surface area contributed by atoms with Crippen LogP contribution in [-0.4, -0.2) is 67.6 Å². The Hall–Kier alpha value is -2.97. The van der Waals surface area contributed by atoms with Crippen LogP contribution in [0.3, 0.4) is 0 Å². The molecule has 2 amide bonds. The second-order valence-corrected chi connectivity index (χ2v) is 9.63. The highest BCUT2D eigenvalue weighted by molar-refractivity contribution is 5.98. The van der Waals surface area contributed by atoms with Crippen molar-refractivity contribution in [2.75, 3.05) is 39.2 Å². The molecule has 1 aliphatic heterocycles. The number of amides is 2. The van der Waals surface area contributed by atoms with Crippen LogP contribution in [0.5, 0.6) is 5.75 Å². The standard InChI is InChI=1S/C28H38FN3O4/c1-6-9-27(33)30-22-12-13-23-25(14-22)36-18-20(3)32(16-21-10-7-8-11-24(21)29)15-19(2)26(35-5)17-31(4)28(23)34/h7-8,10-14,19-20,26H,6,9,15-18H2,1-5H3,(H,30,33)/t19-,20-,26-/m1/s1. The van der Waals surface area contributed by atoms with E-state index in [1.165, 1.54) is 6.07 Å². The lowest BCUT2D eigenvalue weighted by molar-refractivity contribution is -0.116. The Morgan fingerprint density at radius 3 is 2.64 bits per heavy atom. The van der Waals surface area contributed by atoms with Crippen molar-refractivity contribution in [3.8, 4) is 5.75 Å². The number of ether oxygens (including phenoxy) is 2. The molecule has 36 heavy (non-hydrogen) atoms. The highest BCUT2D eigenvalue weighted by Gasteiger charge is 2.28. The molecule has 3 atom stereocenters. The third kappa shape index (κ3) is 7.04. The third-order valence-corrected chi connectivity index (χ3v) is 6.67. The average molecular weight is 500 g/mol. The zero-order valence-electron chi connectivity index (χ0n) is 21.9. The smallest absolute Gasteiger partial charge is 0.257 e. The largest absolute Gasteiger partial charge is 0.491 e. The van der Waals surface area contributed by atoms with Gasteiger partial charge in [0.05, 0.1) is 11.7 Å². The van der Waals surface area contributed by atoms with Crippen molar-refractivity contribution >= 4 is 17.5 Å². The number of halogens is 1. The molecule has 196 valence electrons. The molecule has 0 aromatic heterocycles. The Balaban J connectivity index is 1.94. The lowest BCUT2D eigenvalue weighted by Crippen LogP contribution is -2.46. The van der Waals surface area contributed by atoms with Crippen LogP contribution in [0.25, 0.3) is 0 Å². The van der Waals surface area contributed by atoms with Crippen LogP contribution in [-0.2, 0) is 16.1 Å². The maximum Gasteiger partial charge on any atom is 0.257 e. The minimum Gasteiger partial charge on any atom is -0.491 e. The highest BCUT2D eigenvalue weighted by atomic mass is 19.1. The number of carbonyl (C=O) groups excluding carboxylic acids is 2. The second kappa shape index (κ2) is 12.8. The number of methoxy groups -OCH3 is 1. The lowest BCUT2D eigenvalue weighted by atomic mass is 10.0. The molecule has 0 saturated heterocycles. The van der Waals surface area contributed by atoms with Gasteiger partial charge in [-0.05, 0) is 37.5 Å². The molecule has 2 aromatic rings. The van der Waals surface area contributed by atoms with Gasteiger partial charge >= 0.3 is 0 Å². The van der Waals surface area contributed by atoms with Crippen LogP contribution in [0.1, 0.15) is 49.5 Å². The van der Waals surface area contributed by atoms with Crippen LogP contribution < -0.4 is 10.1 Å². The minimum absolute atomic E-state index is 0.0783. The van der Waals surface area contributed by atoms with Gasteiger partial charge in [-0.25, -0.2) is 4.39 Å². The molecule has 1 aliphatic rings. The average Bonchev–Trinajstić information content (AvgIpc) is 2.85. The van der Waals surface area contributed by atoms with Crippen LogP contribution >= 0.6 is 0 Å². The fraction of sp³-hybridized carbons (Fsp3) is 0.500. The van der Waals surface area contributed by atoms with E-state index in [1.54, 1.807) is 49.4 Å². The summed E-state index contributed by atoms with van der Waals surface area (Å²) in [6.45, 7) is 7.80. The number of likely N-dealkylation sites (N-methyl/N-ethyl adjacent to an activating group) is 1. The number of anilines is 1. The summed E-state index contributed by atoms with van der Waals surface area (Å²) >= 11 is 0. The molecule has 0 spiro atoms. The number of nitrogens with one attached hydrogen (secondary N) is 1. The maximum atomic E-state index is 14.5. The van der Waals surface area contributed by atoms with Crippen molar-refractivity contribution in [2.24, 2.45) is 5.92 Å². The van der Waals surface area contributed by atoms with Crippen LogP contribution in [0.4, 0.5) is 10.1 Å². The van der Waals surface area contributed by atoms with E-state index in [1.807, 2.05) is 19.9 Å². The topological polar surface area (TPSA) is 71.1 Å². The van der Waals surface area contributed by atoms with Crippen LogP contribution in [0.2, 0.25) is 0 Å². The van der Waals surface area contributed by atoms with Crippen molar-refractivity contribution in [2.45, 2.75) is 52.3 Å². The lowest BCUT2D eigenvalue weighted by Gasteiger charge is -2.36. The summed E-state index contributed by atoms with van der Waals surface area (Å²) in [4.78, 5) is 29.3. The summed E-state index contributed by atoms with van der Waals surface area (Å²) in [5.74, 6) is -0.0238. The van der Waals surface area contributed by atoms with E-state index in [-0.39, 0.29) is 42.3 Å². The van der Waals surface area contributed by atoms with Crippen LogP contribution in [0.15, 0.2) is 42.5 Å². The molecule has 2 aromatic carbocycles. The number of benzene rings is 2. The SMILES string of the molecule is CCCC(=O)Nc1ccc2c(c1)OC[C@@H](C)N(Cc1ccccc1F)C[C@@H](C)[C@H](OC)CN(C)C2=O. The summed E-state index contributed by atoms with van der Waals surface area (Å²) < 4.78 is 26.5. The number of nitrogens with zero attached hydrogens (tertiary/aromatic N) is 2. The molecule has 0 unspecified atom stereocenters. The van der Waals surface area contributed by atoms with Gasteiger partial charge in [0.1, 0.15) is 18.2 Å². The van der Waals surface area contributed by atoms with Gasteiger partial charge in [0.2, 0.25) is 5.91 Å². The van der Waals surface area contributed by atoms with Crippen LogP contribution in [0, 0.1) is 11.7 Å². The first kappa shape index (κ1) is 27.6. The van der Waals surface area contributed by atoms with Gasteiger partial charge in [-0.1, -0.05) is 32.0 Å². The third-order valence-electron chi connectivity index (χ3n) is 6.67. The number of carbonyl (C=O) groups is 2. The van der Waals surface area contributed by atoms with E-state index in [4.69, 9.17) is 9.47 Å². The van der Waals surface area contributed by atoms with Gasteiger partial charge in [-0.2, -0.15) is 0 Å². The first-order chi connectivity index (χ1) is 17.2. The molecular formula is C28H38FN3O4. The summed E-state index contributed by atoms with van der Waals surface area (Å²) in [5, 5.41) is 2.87. The summed E-state index contributed by atoms with van der Waals surface area (Å²) in [6.07, 6.45) is 0.953. The summed E-state index contributed by atoms with van der Waals surface area (Å²) in [6, 6.07) is 11.8. The number of rotatable bonds is 6. The molecule has 7 nitrogen and oxygen atoms in total. The Morgan fingerprint density at radius 1 is 1.19 bits per heavy atom. The van der Waals surface area contributed by atoms with Gasteiger partial charge < -0.3 is 19.7 Å². The van der Waals surface area contributed by atoms with Crippen molar-refractivity contribution in [1.82, 2.24) is 9.80 Å². The van der Waals surface area contributed by atoms with Gasteiger partial charge in [0.15, 0.2) is 0 Å². The Labute approximate surface area is 213 Å². The van der Waals surface area contributed by atoms with E-state index in [9.17, 15) is 14.0 Å². The predicted octanol–water partition coefficient (Wildman–Crippen LogP) is 4.57. The van der Waals surface area contributed by atoms with Crippen molar-refractivity contribution < 1.29 is 23.5 Å². The second-order valence-electron chi connectivity index (χ2n) is 9.63. The fourth-order valence-corrected chi connectivity index (χ4v) is 4.44. The van der Waals surface area contributed by atoms with Crippen molar-refractivity contribution in [3.05, 3.63) is 59.4 Å². The molecule has 8 heteroatoms. The van der Waals surface area contributed by atoms with E-state index in [0.29, 0.717) is 48.6 Å². The molecule has 0 fully saturated rings. The van der Waals surface area contributed by atoms with Crippen molar-refractivity contribution in [1.29, 1.82) is 0 Å². The molecule has 1 N–H and O–H groups in total. The molecular weight excluding hydrogens is 461 g/mol. The fourth-order valence-electron chi connectivity index (χ4n) is 4.44. The molecule has 3 rings (SSSR count). The van der Waals surface area contributed by atoms with Crippen molar-refractivity contribution in [3.63, 3.8) is 0 Å². The molecule has 0 saturated carbocycles. The molecule has 0 radical (unpaired) electrons. The number of hydrogen-bond donors (Lipinski definition) is 1. The van der Waals surface area contributed by atoms with E-state index in [2.05, 4.69) is 17.1 Å². The summed E-state index contributed by atoms with van der Waals surface area (Å²) in [5.41, 5.74) is 1.61. The molecule has 1 heterocycles. The predicted molar refractivity (Wildman–Crippen MR) is 139 cm³/mol. The molecule has 0 aliphatic carbocycles. The first-order valence-electron chi connectivity index (χ1n) is 12.6. The maximum absolute atomic E-state index is 14.5. The first-order valence-corrected chi connectivity index (χ1v) is 12.6. The van der Waals surface area contributed by atoms with E-state index >= 15 is 0 Å². The normalized spacial score (nSPS) is 21.7. The molecule has 0 bridgehead atoms. The Kier molecular flexibility index (Phi) is 9.84. The minimum atomic E-state index is -0.240. The number of fused-ring (bicyclic) bond motifs is 1. The number of hydrogen-bond acceptors (Lipinski definition) is 5.